The molecule has 0 aliphatic rings. The number of carbonyl (C=O) groups is 1. The van der Waals surface area contributed by atoms with Gasteiger partial charge in [-0.15, -0.1) is 0 Å². The average Bonchev–Trinajstić information content (AvgIpc) is 2.35. The van der Waals surface area contributed by atoms with Crippen molar-refractivity contribution in [1.29, 1.82) is 0 Å². The Morgan fingerprint density at radius 3 is 2.41 bits per heavy atom. The van der Waals surface area contributed by atoms with Gasteiger partial charge in [-0.1, -0.05) is 45.9 Å². The SMILES string of the molecule is CCN(CC)Cc1cccc(C(=O)C(C)C)c1. The average molecular weight is 233 g/mol. The van der Waals surface area contributed by atoms with E-state index in [4.69, 9.17) is 0 Å². The minimum atomic E-state index is 0.0682. The first-order valence-electron chi connectivity index (χ1n) is 6.44. The molecule has 0 bridgehead atoms. The van der Waals surface area contributed by atoms with Crippen LogP contribution in [0.15, 0.2) is 24.3 Å². The van der Waals surface area contributed by atoms with Gasteiger partial charge in [0, 0.05) is 18.0 Å². The van der Waals surface area contributed by atoms with Crippen LogP contribution in [0.1, 0.15) is 43.6 Å². The lowest BCUT2D eigenvalue weighted by molar-refractivity contribution is 0.0939. The van der Waals surface area contributed by atoms with Crippen LogP contribution in [0.3, 0.4) is 0 Å². The van der Waals surface area contributed by atoms with E-state index < -0.39 is 0 Å². The van der Waals surface area contributed by atoms with E-state index >= 15 is 0 Å². The largest absolute Gasteiger partial charge is 0.300 e. The molecule has 0 N–H and O–H groups in total. The molecule has 0 fully saturated rings. The lowest BCUT2D eigenvalue weighted by Crippen LogP contribution is -2.22. The molecule has 0 unspecified atom stereocenters. The van der Waals surface area contributed by atoms with Crippen LogP contribution < -0.4 is 0 Å². The van der Waals surface area contributed by atoms with Crippen molar-refractivity contribution >= 4 is 5.78 Å². The summed E-state index contributed by atoms with van der Waals surface area (Å²) in [7, 11) is 0. The fraction of sp³-hybridized carbons (Fsp3) is 0.533. The van der Waals surface area contributed by atoms with Crippen molar-refractivity contribution in [1.82, 2.24) is 4.90 Å². The Hall–Kier alpha value is -1.15. The van der Waals surface area contributed by atoms with E-state index in [9.17, 15) is 4.79 Å². The maximum absolute atomic E-state index is 11.9. The molecule has 0 aromatic heterocycles. The number of ketones is 1. The van der Waals surface area contributed by atoms with Crippen molar-refractivity contribution in [3.8, 4) is 0 Å². The topological polar surface area (TPSA) is 20.3 Å². The van der Waals surface area contributed by atoms with Crippen LogP contribution in [0.4, 0.5) is 0 Å². The van der Waals surface area contributed by atoms with Crippen molar-refractivity contribution < 1.29 is 4.79 Å². The molecule has 0 aliphatic heterocycles. The quantitative estimate of drug-likeness (QED) is 0.702. The van der Waals surface area contributed by atoms with E-state index in [1.54, 1.807) is 0 Å². The molecule has 0 spiro atoms. The molecule has 2 heteroatoms. The summed E-state index contributed by atoms with van der Waals surface area (Å²) in [6.07, 6.45) is 0. The zero-order valence-corrected chi connectivity index (χ0v) is 11.4. The summed E-state index contributed by atoms with van der Waals surface area (Å²) >= 11 is 0. The number of carbonyl (C=O) groups excluding carboxylic acids is 1. The van der Waals surface area contributed by atoms with Gasteiger partial charge in [-0.2, -0.15) is 0 Å². The molecule has 17 heavy (non-hydrogen) atoms. The Balaban J connectivity index is 2.82. The number of Topliss-reactive ketones (excluding diaryl/α,β-unsaturated/α-hetero) is 1. The van der Waals surface area contributed by atoms with Crippen LogP contribution in [0.5, 0.6) is 0 Å². The standard InChI is InChI=1S/C15H23NO/c1-5-16(6-2)11-13-8-7-9-14(10-13)15(17)12(3)4/h7-10,12H,5-6,11H2,1-4H3. The molecular formula is C15H23NO. The Morgan fingerprint density at radius 2 is 1.88 bits per heavy atom. The zero-order valence-electron chi connectivity index (χ0n) is 11.4. The first-order valence-corrected chi connectivity index (χ1v) is 6.44. The second-order valence-corrected chi connectivity index (χ2v) is 4.68. The predicted octanol–water partition coefficient (Wildman–Crippen LogP) is 3.37. The third-order valence-corrected chi connectivity index (χ3v) is 3.04. The molecule has 0 radical (unpaired) electrons. The summed E-state index contributed by atoms with van der Waals surface area (Å²) < 4.78 is 0. The van der Waals surface area contributed by atoms with Gasteiger partial charge in [-0.05, 0) is 24.7 Å². The Bertz CT molecular complexity index is 367. The lowest BCUT2D eigenvalue weighted by Gasteiger charge is -2.18. The van der Waals surface area contributed by atoms with Crippen LogP contribution >= 0.6 is 0 Å². The van der Waals surface area contributed by atoms with Gasteiger partial charge < -0.3 is 0 Å². The Labute approximate surface area is 105 Å². The number of hydrogen-bond acceptors (Lipinski definition) is 2. The van der Waals surface area contributed by atoms with Gasteiger partial charge in [-0.3, -0.25) is 9.69 Å². The minimum absolute atomic E-state index is 0.0682. The van der Waals surface area contributed by atoms with E-state index in [0.29, 0.717) is 0 Å². The first kappa shape index (κ1) is 13.9. The van der Waals surface area contributed by atoms with Crippen molar-refractivity contribution in [3.63, 3.8) is 0 Å². The van der Waals surface area contributed by atoms with Gasteiger partial charge in [-0.25, -0.2) is 0 Å². The monoisotopic (exact) mass is 233 g/mol. The summed E-state index contributed by atoms with van der Waals surface area (Å²) in [6.45, 7) is 11.2. The van der Waals surface area contributed by atoms with Crippen LogP contribution in [-0.2, 0) is 6.54 Å². The van der Waals surface area contributed by atoms with Crippen molar-refractivity contribution in [2.24, 2.45) is 5.92 Å². The van der Waals surface area contributed by atoms with Gasteiger partial charge in [0.05, 0.1) is 0 Å². The molecule has 0 aliphatic carbocycles. The normalized spacial score (nSPS) is 11.2. The highest BCUT2D eigenvalue weighted by Crippen LogP contribution is 2.12. The Kier molecular flexibility index (Phi) is 5.36. The Morgan fingerprint density at radius 1 is 1.24 bits per heavy atom. The third-order valence-electron chi connectivity index (χ3n) is 3.04. The fourth-order valence-electron chi connectivity index (χ4n) is 1.86. The van der Waals surface area contributed by atoms with E-state index in [1.807, 2.05) is 32.0 Å². The minimum Gasteiger partial charge on any atom is -0.300 e. The van der Waals surface area contributed by atoms with E-state index in [1.165, 1.54) is 5.56 Å². The molecule has 0 saturated carbocycles. The molecule has 0 heterocycles. The molecule has 94 valence electrons. The molecule has 0 atom stereocenters. The highest BCUT2D eigenvalue weighted by atomic mass is 16.1. The second-order valence-electron chi connectivity index (χ2n) is 4.68. The maximum atomic E-state index is 11.9. The zero-order chi connectivity index (χ0) is 12.8. The van der Waals surface area contributed by atoms with Crippen molar-refractivity contribution in [3.05, 3.63) is 35.4 Å². The third kappa shape index (κ3) is 3.97. The summed E-state index contributed by atoms with van der Waals surface area (Å²) in [4.78, 5) is 14.3. The fourth-order valence-corrected chi connectivity index (χ4v) is 1.86. The van der Waals surface area contributed by atoms with E-state index in [2.05, 4.69) is 24.8 Å². The van der Waals surface area contributed by atoms with Crippen LogP contribution in [0.2, 0.25) is 0 Å². The van der Waals surface area contributed by atoms with Crippen LogP contribution in [0.25, 0.3) is 0 Å². The number of rotatable bonds is 6. The summed E-state index contributed by atoms with van der Waals surface area (Å²) in [5.41, 5.74) is 2.06. The number of nitrogens with zero attached hydrogens (tertiary/aromatic N) is 1. The van der Waals surface area contributed by atoms with Gasteiger partial charge in [0.1, 0.15) is 0 Å². The highest BCUT2D eigenvalue weighted by molar-refractivity contribution is 5.97. The molecule has 2 nitrogen and oxygen atoms in total. The van der Waals surface area contributed by atoms with E-state index in [-0.39, 0.29) is 11.7 Å². The van der Waals surface area contributed by atoms with Crippen LogP contribution in [-0.4, -0.2) is 23.8 Å². The van der Waals surface area contributed by atoms with Crippen LogP contribution in [0, 0.1) is 5.92 Å². The summed E-state index contributed by atoms with van der Waals surface area (Å²) in [5, 5.41) is 0. The summed E-state index contributed by atoms with van der Waals surface area (Å²) in [5.74, 6) is 0.296. The van der Waals surface area contributed by atoms with Gasteiger partial charge in [0.15, 0.2) is 5.78 Å². The van der Waals surface area contributed by atoms with Gasteiger partial charge in [0.2, 0.25) is 0 Å². The van der Waals surface area contributed by atoms with Crippen molar-refractivity contribution in [2.75, 3.05) is 13.1 Å². The van der Waals surface area contributed by atoms with Gasteiger partial charge in [0.25, 0.3) is 0 Å². The van der Waals surface area contributed by atoms with E-state index in [0.717, 1.165) is 25.2 Å². The maximum Gasteiger partial charge on any atom is 0.165 e. The summed E-state index contributed by atoms with van der Waals surface area (Å²) in [6, 6.07) is 8.01. The second kappa shape index (κ2) is 6.55. The van der Waals surface area contributed by atoms with Gasteiger partial charge >= 0.3 is 0 Å². The molecule has 1 aromatic carbocycles. The highest BCUT2D eigenvalue weighted by Gasteiger charge is 2.11. The smallest absolute Gasteiger partial charge is 0.165 e. The lowest BCUT2D eigenvalue weighted by atomic mass is 9.99. The molecule has 1 aromatic rings. The number of hydrogen-bond donors (Lipinski definition) is 0. The molecule has 0 saturated heterocycles. The predicted molar refractivity (Wildman–Crippen MR) is 72.2 cm³/mol. The molecular weight excluding hydrogens is 210 g/mol. The molecule has 1 rings (SSSR count). The molecule has 0 amide bonds. The number of benzene rings is 1. The first-order chi connectivity index (χ1) is 8.08. The van der Waals surface area contributed by atoms with Crippen molar-refractivity contribution in [2.45, 2.75) is 34.2 Å².